The maximum Gasteiger partial charge on any atom is 0.234 e. The van der Waals surface area contributed by atoms with Crippen molar-refractivity contribution in [1.82, 2.24) is 14.8 Å². The van der Waals surface area contributed by atoms with E-state index in [2.05, 4.69) is 26.7 Å². The average Bonchev–Trinajstić information content (AvgIpc) is 3.10. The second-order valence-corrected chi connectivity index (χ2v) is 7.59. The zero-order valence-electron chi connectivity index (χ0n) is 15.7. The van der Waals surface area contributed by atoms with Gasteiger partial charge < -0.3 is 14.6 Å². The Balaban J connectivity index is 1.63. The minimum absolute atomic E-state index is 0.0828. The van der Waals surface area contributed by atoms with Crippen LogP contribution in [0, 0.1) is 0 Å². The summed E-state index contributed by atoms with van der Waals surface area (Å²) in [5.74, 6) is 2.40. The number of anilines is 1. The first-order valence-electron chi connectivity index (χ1n) is 9.32. The lowest BCUT2D eigenvalue weighted by molar-refractivity contribution is -0.113. The SMILES string of the molecule is C=CCn1c(SCC(=O)Nc2cccc(OC)c2)nnc1C1CCCCC1. The van der Waals surface area contributed by atoms with E-state index in [0.29, 0.717) is 18.2 Å². The Morgan fingerprint density at radius 3 is 2.93 bits per heavy atom. The van der Waals surface area contributed by atoms with Crippen LogP contribution in [-0.2, 0) is 11.3 Å². The standard InChI is InChI=1S/C20H26N4O2S/c1-3-12-24-19(15-8-5-4-6-9-15)22-23-20(24)27-14-18(25)21-16-10-7-11-17(13-16)26-2/h3,7,10-11,13,15H,1,4-6,8-9,12,14H2,2H3,(H,21,25). The predicted molar refractivity (Wildman–Crippen MR) is 108 cm³/mol. The quantitative estimate of drug-likeness (QED) is 0.542. The number of thioether (sulfide) groups is 1. The molecule has 7 heteroatoms. The molecule has 1 fully saturated rings. The van der Waals surface area contributed by atoms with Crippen molar-refractivity contribution in [3.8, 4) is 5.75 Å². The van der Waals surface area contributed by atoms with Crippen molar-refractivity contribution in [2.45, 2.75) is 49.7 Å². The van der Waals surface area contributed by atoms with E-state index in [9.17, 15) is 4.79 Å². The van der Waals surface area contributed by atoms with Crippen molar-refractivity contribution >= 4 is 23.4 Å². The summed E-state index contributed by atoms with van der Waals surface area (Å²) in [5.41, 5.74) is 0.718. The van der Waals surface area contributed by atoms with Gasteiger partial charge in [0.25, 0.3) is 0 Å². The molecule has 1 amide bonds. The summed E-state index contributed by atoms with van der Waals surface area (Å²) in [7, 11) is 1.60. The van der Waals surface area contributed by atoms with Gasteiger partial charge in [0.2, 0.25) is 5.91 Å². The molecule has 2 aromatic rings. The van der Waals surface area contributed by atoms with Crippen LogP contribution in [0.25, 0.3) is 0 Å². The van der Waals surface area contributed by atoms with E-state index in [0.717, 1.165) is 29.5 Å². The van der Waals surface area contributed by atoms with Crippen LogP contribution in [0.5, 0.6) is 5.75 Å². The zero-order chi connectivity index (χ0) is 19.1. The van der Waals surface area contributed by atoms with E-state index in [4.69, 9.17) is 4.74 Å². The van der Waals surface area contributed by atoms with Gasteiger partial charge >= 0.3 is 0 Å². The van der Waals surface area contributed by atoms with E-state index in [1.165, 1.54) is 31.0 Å². The van der Waals surface area contributed by atoms with Crippen LogP contribution < -0.4 is 10.1 Å². The smallest absolute Gasteiger partial charge is 0.234 e. The Morgan fingerprint density at radius 2 is 2.19 bits per heavy atom. The molecular formula is C20H26N4O2S. The van der Waals surface area contributed by atoms with E-state index in [1.807, 2.05) is 24.3 Å². The summed E-state index contributed by atoms with van der Waals surface area (Å²) in [6.45, 7) is 4.52. The molecule has 6 nitrogen and oxygen atoms in total. The lowest BCUT2D eigenvalue weighted by atomic mass is 9.89. The zero-order valence-corrected chi connectivity index (χ0v) is 16.5. The van der Waals surface area contributed by atoms with Gasteiger partial charge in [0.1, 0.15) is 11.6 Å². The molecule has 0 aliphatic heterocycles. The summed E-state index contributed by atoms with van der Waals surface area (Å²) >= 11 is 1.41. The van der Waals surface area contributed by atoms with Gasteiger partial charge in [0.05, 0.1) is 12.9 Å². The molecule has 0 saturated heterocycles. The van der Waals surface area contributed by atoms with Gasteiger partial charge in [0, 0.05) is 24.2 Å². The van der Waals surface area contributed by atoms with Crippen LogP contribution in [0.2, 0.25) is 0 Å². The van der Waals surface area contributed by atoms with Gasteiger partial charge in [-0.1, -0.05) is 43.2 Å². The second-order valence-electron chi connectivity index (χ2n) is 6.64. The molecule has 1 N–H and O–H groups in total. The topological polar surface area (TPSA) is 69.0 Å². The van der Waals surface area contributed by atoms with E-state index >= 15 is 0 Å². The predicted octanol–water partition coefficient (Wildman–Crippen LogP) is 4.25. The number of nitrogens with zero attached hydrogens (tertiary/aromatic N) is 3. The van der Waals surface area contributed by atoms with Crippen LogP contribution in [0.15, 0.2) is 42.1 Å². The second kappa shape index (κ2) is 9.60. The number of amides is 1. The molecule has 0 bridgehead atoms. The van der Waals surface area contributed by atoms with Gasteiger partial charge in [-0.05, 0) is 25.0 Å². The molecule has 0 radical (unpaired) electrons. The number of allylic oxidation sites excluding steroid dienone is 1. The third kappa shape index (κ3) is 5.13. The number of benzene rings is 1. The Bertz CT molecular complexity index is 784. The summed E-state index contributed by atoms with van der Waals surface area (Å²) < 4.78 is 7.28. The van der Waals surface area contributed by atoms with Crippen LogP contribution in [0.1, 0.15) is 43.8 Å². The van der Waals surface area contributed by atoms with Crippen LogP contribution in [0.3, 0.4) is 0 Å². The Labute approximate surface area is 164 Å². The lowest BCUT2D eigenvalue weighted by Crippen LogP contribution is -2.15. The molecule has 1 aliphatic carbocycles. The third-order valence-corrected chi connectivity index (χ3v) is 5.68. The van der Waals surface area contributed by atoms with Gasteiger partial charge in [-0.3, -0.25) is 4.79 Å². The highest BCUT2D eigenvalue weighted by Crippen LogP contribution is 2.33. The number of nitrogens with one attached hydrogen (secondary N) is 1. The fraction of sp³-hybridized carbons (Fsp3) is 0.450. The number of hydrogen-bond acceptors (Lipinski definition) is 5. The maximum absolute atomic E-state index is 12.3. The van der Waals surface area contributed by atoms with Crippen LogP contribution in [0.4, 0.5) is 5.69 Å². The Hall–Kier alpha value is -2.28. The molecule has 1 aromatic carbocycles. The molecule has 1 saturated carbocycles. The number of carbonyl (C=O) groups excluding carboxylic acids is 1. The minimum atomic E-state index is -0.0828. The van der Waals surface area contributed by atoms with Gasteiger partial charge in [0.15, 0.2) is 5.16 Å². The normalized spacial score (nSPS) is 14.7. The molecule has 1 aromatic heterocycles. The summed E-state index contributed by atoms with van der Waals surface area (Å²) in [6.07, 6.45) is 7.98. The van der Waals surface area contributed by atoms with E-state index < -0.39 is 0 Å². The van der Waals surface area contributed by atoms with Crippen LogP contribution >= 0.6 is 11.8 Å². The van der Waals surface area contributed by atoms with Crippen molar-refractivity contribution in [2.75, 3.05) is 18.2 Å². The fourth-order valence-electron chi connectivity index (χ4n) is 3.40. The lowest BCUT2D eigenvalue weighted by Gasteiger charge is -2.21. The summed E-state index contributed by atoms with van der Waals surface area (Å²) in [5, 5.41) is 12.4. The summed E-state index contributed by atoms with van der Waals surface area (Å²) in [4.78, 5) is 12.3. The van der Waals surface area contributed by atoms with Crippen LogP contribution in [-0.4, -0.2) is 33.5 Å². The van der Waals surface area contributed by atoms with Crippen molar-refractivity contribution < 1.29 is 9.53 Å². The first-order valence-corrected chi connectivity index (χ1v) is 10.3. The van der Waals surface area contributed by atoms with Crippen molar-refractivity contribution in [3.05, 3.63) is 42.7 Å². The molecule has 0 atom stereocenters. The number of rotatable bonds is 8. The van der Waals surface area contributed by atoms with E-state index in [1.54, 1.807) is 13.2 Å². The highest BCUT2D eigenvalue weighted by Gasteiger charge is 2.23. The molecule has 27 heavy (non-hydrogen) atoms. The highest BCUT2D eigenvalue weighted by atomic mass is 32.2. The average molecular weight is 387 g/mol. The molecular weight excluding hydrogens is 360 g/mol. The Morgan fingerprint density at radius 1 is 1.37 bits per heavy atom. The van der Waals surface area contributed by atoms with Gasteiger partial charge in [-0.15, -0.1) is 16.8 Å². The van der Waals surface area contributed by atoms with Crippen molar-refractivity contribution in [2.24, 2.45) is 0 Å². The molecule has 0 spiro atoms. The Kier molecular flexibility index (Phi) is 6.92. The molecule has 1 heterocycles. The third-order valence-electron chi connectivity index (χ3n) is 4.71. The number of carbonyl (C=O) groups is 1. The molecule has 0 unspecified atom stereocenters. The van der Waals surface area contributed by atoms with Gasteiger partial charge in [-0.2, -0.15) is 0 Å². The molecule has 144 valence electrons. The number of ether oxygens (including phenoxy) is 1. The monoisotopic (exact) mass is 386 g/mol. The highest BCUT2D eigenvalue weighted by molar-refractivity contribution is 7.99. The van der Waals surface area contributed by atoms with E-state index in [-0.39, 0.29) is 11.7 Å². The first kappa shape index (κ1) is 19.5. The number of aromatic nitrogens is 3. The molecule has 1 aliphatic rings. The minimum Gasteiger partial charge on any atom is -0.497 e. The molecule has 3 rings (SSSR count). The number of hydrogen-bond donors (Lipinski definition) is 1. The largest absolute Gasteiger partial charge is 0.497 e. The first-order chi connectivity index (χ1) is 13.2. The van der Waals surface area contributed by atoms with Gasteiger partial charge in [-0.25, -0.2) is 0 Å². The fourth-order valence-corrected chi connectivity index (χ4v) is 4.15. The maximum atomic E-state index is 12.3. The number of methoxy groups -OCH3 is 1. The van der Waals surface area contributed by atoms with Crippen molar-refractivity contribution in [1.29, 1.82) is 0 Å². The van der Waals surface area contributed by atoms with Crippen molar-refractivity contribution in [3.63, 3.8) is 0 Å². The summed E-state index contributed by atoms with van der Waals surface area (Å²) in [6, 6.07) is 7.32.